The highest BCUT2D eigenvalue weighted by atomic mass is 16.5. The quantitative estimate of drug-likeness (QED) is 0.586. The van der Waals surface area contributed by atoms with E-state index in [0.29, 0.717) is 11.6 Å². The van der Waals surface area contributed by atoms with Gasteiger partial charge in [0.2, 0.25) is 0 Å². The molecule has 0 unspecified atom stereocenters. The maximum atomic E-state index is 6.24. The molecule has 5 heteroatoms. The highest BCUT2D eigenvalue weighted by molar-refractivity contribution is 5.21. The van der Waals surface area contributed by atoms with Crippen LogP contribution in [0.15, 0.2) is 22.8 Å². The van der Waals surface area contributed by atoms with Gasteiger partial charge in [0, 0.05) is 14.1 Å². The van der Waals surface area contributed by atoms with Crippen LogP contribution in [-0.4, -0.2) is 25.3 Å². The molecule has 0 radical (unpaired) electrons. The molecule has 0 aliphatic heterocycles. The second kappa shape index (κ2) is 6.19. The molecule has 0 spiro atoms. The van der Waals surface area contributed by atoms with Crippen molar-refractivity contribution in [1.82, 2.24) is 10.6 Å². The van der Waals surface area contributed by atoms with E-state index in [0.717, 1.165) is 11.1 Å². The smallest absolute Gasteiger partial charge is 0.0975 e. The second-order valence-corrected chi connectivity index (χ2v) is 5.70. The van der Waals surface area contributed by atoms with Crippen molar-refractivity contribution in [2.75, 3.05) is 14.1 Å². The van der Waals surface area contributed by atoms with Crippen molar-refractivity contribution in [3.63, 3.8) is 0 Å². The van der Waals surface area contributed by atoms with Gasteiger partial charge in [-0.2, -0.15) is 0 Å². The van der Waals surface area contributed by atoms with E-state index in [1.807, 2.05) is 41.5 Å². The van der Waals surface area contributed by atoms with Gasteiger partial charge in [0.1, 0.15) is 0 Å². The molecule has 0 aliphatic carbocycles. The minimum absolute atomic E-state index is 0.494. The molecule has 0 rings (SSSR count). The summed E-state index contributed by atoms with van der Waals surface area (Å²) < 4.78 is 6.24. The van der Waals surface area contributed by atoms with Crippen molar-refractivity contribution < 1.29 is 4.74 Å². The third-order valence-corrected chi connectivity index (χ3v) is 3.66. The molecule has 0 aromatic carbocycles. The molecule has 112 valence electrons. The summed E-state index contributed by atoms with van der Waals surface area (Å²) in [6, 6.07) is 0. The zero-order valence-electron chi connectivity index (χ0n) is 13.6. The molecule has 0 aliphatic rings. The van der Waals surface area contributed by atoms with Gasteiger partial charge in [0.15, 0.2) is 0 Å². The summed E-state index contributed by atoms with van der Waals surface area (Å²) in [5.41, 5.74) is 12.8. The van der Waals surface area contributed by atoms with Crippen LogP contribution in [0.25, 0.3) is 0 Å². The van der Waals surface area contributed by atoms with Crippen LogP contribution in [0.5, 0.6) is 0 Å². The Morgan fingerprint density at radius 2 is 1.05 bits per heavy atom. The van der Waals surface area contributed by atoms with Crippen LogP contribution in [0.4, 0.5) is 0 Å². The third kappa shape index (κ3) is 4.35. The van der Waals surface area contributed by atoms with Crippen LogP contribution in [0.1, 0.15) is 41.5 Å². The lowest BCUT2D eigenvalue weighted by atomic mass is 9.93. The van der Waals surface area contributed by atoms with Gasteiger partial charge in [-0.05, 0) is 52.7 Å². The number of rotatable bonds is 6. The lowest BCUT2D eigenvalue weighted by Crippen LogP contribution is -2.42. The average molecular weight is 270 g/mol. The molecule has 0 saturated heterocycles. The molecule has 0 amide bonds. The molecular formula is C14H30N4O. The Labute approximate surface area is 117 Å². The van der Waals surface area contributed by atoms with E-state index in [1.54, 1.807) is 14.1 Å². The van der Waals surface area contributed by atoms with Gasteiger partial charge in [-0.15, -0.1) is 0 Å². The molecule has 0 aromatic heterocycles. The van der Waals surface area contributed by atoms with E-state index in [-0.39, 0.29) is 0 Å². The normalized spacial score (nSPS) is 15.6. The molecule has 5 nitrogen and oxygen atoms in total. The largest absolute Gasteiger partial charge is 0.386 e. The van der Waals surface area contributed by atoms with Crippen LogP contribution < -0.4 is 22.1 Å². The van der Waals surface area contributed by atoms with Gasteiger partial charge < -0.3 is 26.8 Å². The Balaban J connectivity index is 5.34. The fraction of sp³-hybridized carbons (Fsp3) is 0.714. The first-order valence-corrected chi connectivity index (χ1v) is 6.49. The molecule has 0 heterocycles. The van der Waals surface area contributed by atoms with E-state index in [9.17, 15) is 0 Å². The minimum Gasteiger partial charge on any atom is -0.386 e. The van der Waals surface area contributed by atoms with Crippen LogP contribution in [-0.2, 0) is 4.74 Å². The first kappa shape index (κ1) is 17.6. The molecule has 6 N–H and O–H groups in total. The fourth-order valence-electron chi connectivity index (χ4n) is 1.81. The van der Waals surface area contributed by atoms with Gasteiger partial charge in [0.25, 0.3) is 0 Å². The Hall–Kier alpha value is -1.36. The van der Waals surface area contributed by atoms with Crippen molar-refractivity contribution >= 4 is 0 Å². The summed E-state index contributed by atoms with van der Waals surface area (Å²) in [5, 5.41) is 5.90. The van der Waals surface area contributed by atoms with Gasteiger partial charge in [-0.1, -0.05) is 0 Å². The summed E-state index contributed by atoms with van der Waals surface area (Å²) in [6.07, 6.45) is 0. The molecule has 0 fully saturated rings. The van der Waals surface area contributed by atoms with Crippen molar-refractivity contribution in [2.24, 2.45) is 11.5 Å². The van der Waals surface area contributed by atoms with Crippen LogP contribution in [0, 0.1) is 0 Å². The molecule has 0 saturated carbocycles. The predicted octanol–water partition coefficient (Wildman–Crippen LogP) is 1.38. The van der Waals surface area contributed by atoms with Crippen molar-refractivity contribution in [3.05, 3.63) is 22.8 Å². The van der Waals surface area contributed by atoms with Crippen molar-refractivity contribution in [2.45, 2.75) is 52.7 Å². The molecule has 0 bridgehead atoms. The Morgan fingerprint density at radius 3 is 1.26 bits per heavy atom. The zero-order valence-corrected chi connectivity index (χ0v) is 13.6. The molecule has 19 heavy (non-hydrogen) atoms. The van der Waals surface area contributed by atoms with Crippen LogP contribution >= 0.6 is 0 Å². The molecule has 0 aromatic rings. The van der Waals surface area contributed by atoms with Crippen LogP contribution in [0.3, 0.4) is 0 Å². The zero-order chi connectivity index (χ0) is 15.4. The highest BCUT2D eigenvalue weighted by Crippen LogP contribution is 2.31. The maximum Gasteiger partial charge on any atom is 0.0975 e. The van der Waals surface area contributed by atoms with Gasteiger partial charge >= 0.3 is 0 Å². The Morgan fingerprint density at radius 1 is 0.789 bits per heavy atom. The van der Waals surface area contributed by atoms with E-state index >= 15 is 0 Å². The van der Waals surface area contributed by atoms with Gasteiger partial charge in [0.05, 0.1) is 22.8 Å². The van der Waals surface area contributed by atoms with Gasteiger partial charge in [-0.25, -0.2) is 0 Å². The number of hydrogen-bond acceptors (Lipinski definition) is 5. The number of nitrogens with two attached hydrogens (primary N) is 2. The topological polar surface area (TPSA) is 85.3 Å². The van der Waals surface area contributed by atoms with E-state index < -0.39 is 11.2 Å². The number of nitrogens with one attached hydrogen (secondary N) is 2. The Bertz CT molecular complexity index is 345. The average Bonchev–Trinajstić information content (AvgIpc) is 2.33. The molecule has 0 atom stereocenters. The molecular weight excluding hydrogens is 240 g/mol. The van der Waals surface area contributed by atoms with Gasteiger partial charge in [-0.3, -0.25) is 0 Å². The minimum atomic E-state index is -0.494. The van der Waals surface area contributed by atoms with Crippen molar-refractivity contribution in [3.8, 4) is 0 Å². The fourth-order valence-corrected chi connectivity index (χ4v) is 1.81. The van der Waals surface area contributed by atoms with E-state index in [4.69, 9.17) is 16.2 Å². The standard InChI is InChI=1S/C14H30N4O/c1-9(11(15)17-7)13(3,4)19-14(5,6)10(2)12(16)18-8/h17-18H,15-16H2,1-8H3. The summed E-state index contributed by atoms with van der Waals surface area (Å²) in [4.78, 5) is 0. The van der Waals surface area contributed by atoms with Crippen molar-refractivity contribution in [1.29, 1.82) is 0 Å². The highest BCUT2D eigenvalue weighted by Gasteiger charge is 2.33. The second-order valence-electron chi connectivity index (χ2n) is 5.70. The van der Waals surface area contributed by atoms with Crippen LogP contribution in [0.2, 0.25) is 0 Å². The monoisotopic (exact) mass is 270 g/mol. The maximum absolute atomic E-state index is 6.24. The predicted molar refractivity (Wildman–Crippen MR) is 81.1 cm³/mol. The lowest BCUT2D eigenvalue weighted by molar-refractivity contribution is -0.0825. The summed E-state index contributed by atoms with van der Waals surface area (Å²) in [6.45, 7) is 11.9. The number of hydrogen-bond donors (Lipinski definition) is 4. The lowest BCUT2D eigenvalue weighted by Gasteiger charge is -2.38. The third-order valence-electron chi connectivity index (χ3n) is 3.66. The summed E-state index contributed by atoms with van der Waals surface area (Å²) in [7, 11) is 3.59. The van der Waals surface area contributed by atoms with E-state index in [1.165, 1.54) is 0 Å². The summed E-state index contributed by atoms with van der Waals surface area (Å²) in [5.74, 6) is 1.26. The first-order valence-electron chi connectivity index (χ1n) is 6.49. The SMILES string of the molecule is CNC(N)=C(C)C(C)(C)OC(C)(C)C(C)=C(N)NC. The van der Waals surface area contributed by atoms with E-state index in [2.05, 4.69) is 10.6 Å². The number of ether oxygens (including phenoxy) is 1. The first-order chi connectivity index (χ1) is 8.49. The summed E-state index contributed by atoms with van der Waals surface area (Å²) >= 11 is 0. The Kier molecular flexibility index (Phi) is 5.75.